The molecule has 8 heteroatoms. The fourth-order valence-electron chi connectivity index (χ4n) is 1.88. The third-order valence-corrected chi connectivity index (χ3v) is 6.60. The minimum absolute atomic E-state index is 0.0899. The molecule has 1 amide bonds. The molecule has 0 aliphatic carbocycles. The average molecular weight is 374 g/mol. The predicted octanol–water partition coefficient (Wildman–Crippen LogP) is 1.83. The molecular formula is C16H27N3O3S2. The van der Waals surface area contributed by atoms with Gasteiger partial charge < -0.3 is 0 Å². The van der Waals surface area contributed by atoms with Crippen molar-refractivity contribution in [3.8, 4) is 12.3 Å². The van der Waals surface area contributed by atoms with E-state index in [1.807, 2.05) is 20.8 Å². The molecule has 3 unspecified atom stereocenters. The number of nitrogens with one attached hydrogen (secondary N) is 1. The van der Waals surface area contributed by atoms with E-state index in [-0.39, 0.29) is 16.9 Å². The van der Waals surface area contributed by atoms with Gasteiger partial charge in [-0.15, -0.1) is 0 Å². The number of nitrogens with zero attached hydrogens (tertiary/aromatic N) is 2. The highest BCUT2D eigenvalue weighted by Crippen LogP contribution is 2.23. The second kappa shape index (κ2) is 9.90. The molecule has 0 aliphatic heterocycles. The predicted molar refractivity (Wildman–Crippen MR) is 96.5 cm³/mol. The Morgan fingerprint density at radius 2 is 1.67 bits per heavy atom. The van der Waals surface area contributed by atoms with E-state index < -0.39 is 38.2 Å². The lowest BCUT2D eigenvalue weighted by molar-refractivity contribution is -0.128. The number of rotatable bonds is 9. The summed E-state index contributed by atoms with van der Waals surface area (Å²) >= 11 is 0. The number of carbonyl (C=O) groups excluding carboxylic acids is 1. The Bertz CT molecular complexity index is 569. The van der Waals surface area contributed by atoms with E-state index in [0.29, 0.717) is 18.6 Å². The van der Waals surface area contributed by atoms with Crippen molar-refractivity contribution in [2.75, 3.05) is 17.3 Å². The van der Waals surface area contributed by atoms with Crippen molar-refractivity contribution < 1.29 is 13.2 Å². The zero-order valence-corrected chi connectivity index (χ0v) is 16.7. The van der Waals surface area contributed by atoms with Gasteiger partial charge in [-0.3, -0.25) is 18.5 Å². The van der Waals surface area contributed by atoms with Crippen LogP contribution in [-0.4, -0.2) is 36.8 Å². The summed E-state index contributed by atoms with van der Waals surface area (Å²) < 4.78 is 24.3. The molecule has 0 fully saturated rings. The zero-order valence-electron chi connectivity index (χ0n) is 15.0. The van der Waals surface area contributed by atoms with Gasteiger partial charge in [0.1, 0.15) is 5.25 Å². The lowest BCUT2D eigenvalue weighted by Gasteiger charge is -2.22. The Kier molecular flexibility index (Phi) is 9.39. The first-order valence-electron chi connectivity index (χ1n) is 7.74. The Labute approximate surface area is 149 Å². The number of hydrogen-bond donors (Lipinski definition) is 1. The van der Waals surface area contributed by atoms with Gasteiger partial charge in [0.15, 0.2) is 6.19 Å². The van der Waals surface area contributed by atoms with Crippen LogP contribution < -0.4 is 5.32 Å². The molecule has 0 aromatic heterocycles. The topological polar surface area (TPSA) is 111 Å². The van der Waals surface area contributed by atoms with E-state index in [4.69, 9.17) is 10.5 Å². The largest absolute Gasteiger partial charge is 0.273 e. The molecule has 0 spiro atoms. The van der Waals surface area contributed by atoms with Crippen molar-refractivity contribution in [1.29, 1.82) is 10.5 Å². The standard InChI is InChI=1S/C16H27N3O3S2/c1-15(2,3)10-13(11-17)24(22)9-8-23(21)7-6-16(4,5)14(20)19-12-18/h13H,6-10H2,1-5H3,(H,19,20). The molecule has 0 saturated heterocycles. The first-order chi connectivity index (χ1) is 10.9. The van der Waals surface area contributed by atoms with Crippen LogP contribution in [0.15, 0.2) is 0 Å². The van der Waals surface area contributed by atoms with Crippen LogP contribution in [0.2, 0.25) is 0 Å². The van der Waals surface area contributed by atoms with E-state index in [2.05, 4.69) is 11.4 Å². The quantitative estimate of drug-likeness (QED) is 0.489. The summed E-state index contributed by atoms with van der Waals surface area (Å²) in [5, 5.41) is 19.2. The fourth-order valence-corrected chi connectivity index (χ4v) is 5.31. The van der Waals surface area contributed by atoms with Crippen LogP contribution in [-0.2, 0) is 26.4 Å². The van der Waals surface area contributed by atoms with Gasteiger partial charge in [0, 0.05) is 44.3 Å². The summed E-state index contributed by atoms with van der Waals surface area (Å²) in [6, 6.07) is 2.08. The monoisotopic (exact) mass is 373 g/mol. The second-order valence-electron chi connectivity index (χ2n) is 7.52. The molecule has 6 nitrogen and oxygen atoms in total. The third kappa shape index (κ3) is 9.14. The normalized spacial score (nSPS) is 15.6. The van der Waals surface area contributed by atoms with Crippen molar-refractivity contribution in [1.82, 2.24) is 5.32 Å². The van der Waals surface area contributed by atoms with Crippen LogP contribution in [0.4, 0.5) is 0 Å². The second-order valence-corrected chi connectivity index (χ2v) is 11.0. The van der Waals surface area contributed by atoms with E-state index in [9.17, 15) is 13.2 Å². The highest BCUT2D eigenvalue weighted by molar-refractivity contribution is 7.89. The molecule has 0 heterocycles. The van der Waals surface area contributed by atoms with Crippen LogP contribution in [0.1, 0.15) is 47.5 Å². The highest BCUT2D eigenvalue weighted by Gasteiger charge is 2.28. The maximum absolute atomic E-state index is 12.2. The zero-order chi connectivity index (χ0) is 19.0. The van der Waals surface area contributed by atoms with Gasteiger partial charge in [-0.05, 0) is 18.3 Å². The summed E-state index contributed by atoms with van der Waals surface area (Å²) in [5.41, 5.74) is -0.876. The maximum Gasteiger partial charge on any atom is 0.238 e. The third-order valence-electron chi connectivity index (χ3n) is 3.51. The van der Waals surface area contributed by atoms with Crippen molar-refractivity contribution in [2.24, 2.45) is 10.8 Å². The molecule has 1 N–H and O–H groups in total. The lowest BCUT2D eigenvalue weighted by Crippen LogP contribution is -2.35. The van der Waals surface area contributed by atoms with E-state index in [1.165, 1.54) is 0 Å². The first-order valence-corrected chi connectivity index (χ1v) is 10.6. The van der Waals surface area contributed by atoms with Crippen molar-refractivity contribution in [2.45, 2.75) is 52.7 Å². The molecule has 0 saturated carbocycles. The van der Waals surface area contributed by atoms with E-state index in [0.717, 1.165) is 0 Å². The average Bonchev–Trinajstić information content (AvgIpc) is 2.47. The molecule has 0 radical (unpaired) electrons. The first kappa shape index (κ1) is 22.8. The van der Waals surface area contributed by atoms with Crippen molar-refractivity contribution >= 4 is 27.5 Å². The smallest absolute Gasteiger partial charge is 0.238 e. The molecule has 0 bridgehead atoms. The van der Waals surface area contributed by atoms with Gasteiger partial charge in [-0.2, -0.15) is 10.5 Å². The van der Waals surface area contributed by atoms with Gasteiger partial charge >= 0.3 is 0 Å². The van der Waals surface area contributed by atoms with Crippen LogP contribution >= 0.6 is 0 Å². The molecule has 24 heavy (non-hydrogen) atoms. The number of hydrogen-bond acceptors (Lipinski definition) is 5. The van der Waals surface area contributed by atoms with E-state index >= 15 is 0 Å². The lowest BCUT2D eigenvalue weighted by atomic mass is 9.89. The minimum atomic E-state index is -1.34. The van der Waals surface area contributed by atoms with Crippen LogP contribution in [0.3, 0.4) is 0 Å². The van der Waals surface area contributed by atoms with Crippen LogP contribution in [0, 0.1) is 33.6 Å². The number of carbonyl (C=O) groups is 1. The van der Waals surface area contributed by atoms with E-state index in [1.54, 1.807) is 20.0 Å². The molecule has 136 valence electrons. The molecule has 0 rings (SSSR count). The van der Waals surface area contributed by atoms with Gasteiger partial charge in [-0.1, -0.05) is 34.6 Å². The summed E-state index contributed by atoms with van der Waals surface area (Å²) in [5.74, 6) is 0.344. The summed E-state index contributed by atoms with van der Waals surface area (Å²) in [6.07, 6.45) is 2.49. The molecule has 0 aromatic rings. The summed E-state index contributed by atoms with van der Waals surface area (Å²) in [4.78, 5) is 11.7. The van der Waals surface area contributed by atoms with Crippen LogP contribution in [0.25, 0.3) is 0 Å². The van der Waals surface area contributed by atoms with Crippen LogP contribution in [0.5, 0.6) is 0 Å². The molecule has 0 aliphatic rings. The molecular weight excluding hydrogens is 346 g/mol. The number of amides is 1. The Balaban J connectivity index is 4.40. The van der Waals surface area contributed by atoms with Crippen molar-refractivity contribution in [3.63, 3.8) is 0 Å². The number of nitriles is 2. The fraction of sp³-hybridized carbons (Fsp3) is 0.812. The Morgan fingerprint density at radius 3 is 2.12 bits per heavy atom. The van der Waals surface area contributed by atoms with Gasteiger partial charge in [-0.25, -0.2) is 0 Å². The highest BCUT2D eigenvalue weighted by atomic mass is 32.2. The van der Waals surface area contributed by atoms with Gasteiger partial charge in [0.25, 0.3) is 0 Å². The Morgan fingerprint density at radius 1 is 1.08 bits per heavy atom. The van der Waals surface area contributed by atoms with Gasteiger partial charge in [0.2, 0.25) is 5.91 Å². The minimum Gasteiger partial charge on any atom is -0.273 e. The Hall–Kier alpha value is -1.25. The molecule has 3 atom stereocenters. The summed E-state index contributed by atoms with van der Waals surface area (Å²) in [7, 11) is -2.55. The maximum atomic E-state index is 12.2. The van der Waals surface area contributed by atoms with Crippen molar-refractivity contribution in [3.05, 3.63) is 0 Å². The summed E-state index contributed by atoms with van der Waals surface area (Å²) in [6.45, 7) is 9.33. The molecule has 0 aromatic carbocycles. The SMILES string of the molecule is CC(C)(C)CC(C#N)S(=O)CCS(=O)CCC(C)(C)C(=O)NC#N. The van der Waals surface area contributed by atoms with Gasteiger partial charge in [0.05, 0.1) is 6.07 Å².